The van der Waals surface area contributed by atoms with Crippen molar-refractivity contribution in [3.05, 3.63) is 11.6 Å². The van der Waals surface area contributed by atoms with Gasteiger partial charge in [0.15, 0.2) is 0 Å². The van der Waals surface area contributed by atoms with E-state index >= 15 is 0 Å². The normalized spacial score (nSPS) is 9.50. The second-order valence-electron chi connectivity index (χ2n) is 1.40. The molecule has 1 nitrogen and oxygen atoms in total. The molecular weight excluding hydrogens is 100 g/mol. The molecule has 0 aliphatic rings. The lowest BCUT2D eigenvalue weighted by atomic mass is 10.3. The third-order valence-corrected chi connectivity index (χ3v) is 0.630. The molecule has 0 atom stereocenters. The number of allylic oxidation sites excluding steroid dienone is 2. The van der Waals surface area contributed by atoms with E-state index < -0.39 is 0 Å². The van der Waals surface area contributed by atoms with Crippen molar-refractivity contribution in [2.45, 2.75) is 13.8 Å². The molecule has 0 saturated carbocycles. The number of rotatable bonds is 1. The van der Waals surface area contributed by atoms with Gasteiger partial charge in [-0.25, -0.2) is 0 Å². The monoisotopic (exact) mass is 108 g/mol. The van der Waals surface area contributed by atoms with Crippen LogP contribution in [0, 0.1) is 11.8 Å². The lowest BCUT2D eigenvalue weighted by Crippen LogP contribution is -1.71. The molecule has 0 N–H and O–H groups in total. The summed E-state index contributed by atoms with van der Waals surface area (Å²) in [6, 6.07) is 0. The molecule has 0 bridgehead atoms. The maximum atomic E-state index is 9.87. The molecule has 0 fully saturated rings. The Morgan fingerprint density at radius 1 is 1.62 bits per heavy atom. The van der Waals surface area contributed by atoms with Crippen LogP contribution in [-0.4, -0.2) is 6.29 Å². The predicted molar refractivity (Wildman–Crippen MR) is 33.3 cm³/mol. The zero-order chi connectivity index (χ0) is 6.41. The van der Waals surface area contributed by atoms with Crippen LogP contribution in [-0.2, 0) is 4.79 Å². The largest absolute Gasteiger partial charge is 0.298 e. The van der Waals surface area contributed by atoms with Crippen LogP contribution in [0.2, 0.25) is 0 Å². The average molecular weight is 108 g/mol. The molecule has 0 rings (SSSR count). The van der Waals surface area contributed by atoms with Gasteiger partial charge in [-0.05, 0) is 25.5 Å². The molecule has 0 aliphatic heterocycles. The van der Waals surface area contributed by atoms with E-state index in [0.717, 1.165) is 6.29 Å². The van der Waals surface area contributed by atoms with Gasteiger partial charge in [0.25, 0.3) is 0 Å². The Kier molecular flexibility index (Phi) is 3.60. The van der Waals surface area contributed by atoms with Gasteiger partial charge in [0.1, 0.15) is 6.29 Å². The smallest absolute Gasteiger partial charge is 0.146 e. The van der Waals surface area contributed by atoms with Crippen LogP contribution in [0.15, 0.2) is 11.6 Å². The van der Waals surface area contributed by atoms with E-state index in [4.69, 9.17) is 0 Å². The van der Waals surface area contributed by atoms with Crippen LogP contribution < -0.4 is 0 Å². The van der Waals surface area contributed by atoms with E-state index in [2.05, 4.69) is 11.8 Å². The lowest BCUT2D eigenvalue weighted by molar-refractivity contribution is -0.104. The number of hydrogen-bond acceptors (Lipinski definition) is 1. The van der Waals surface area contributed by atoms with Crippen molar-refractivity contribution in [2.75, 3.05) is 0 Å². The summed E-state index contributed by atoms with van der Waals surface area (Å²) < 4.78 is 0. The third kappa shape index (κ3) is 3.17. The van der Waals surface area contributed by atoms with Crippen molar-refractivity contribution in [3.8, 4) is 11.8 Å². The van der Waals surface area contributed by atoms with Crippen LogP contribution in [0.4, 0.5) is 0 Å². The van der Waals surface area contributed by atoms with Crippen molar-refractivity contribution in [2.24, 2.45) is 0 Å². The van der Waals surface area contributed by atoms with E-state index in [9.17, 15) is 4.79 Å². The van der Waals surface area contributed by atoms with Crippen molar-refractivity contribution in [1.29, 1.82) is 0 Å². The van der Waals surface area contributed by atoms with Crippen molar-refractivity contribution in [1.82, 2.24) is 0 Å². The van der Waals surface area contributed by atoms with Gasteiger partial charge in [0.05, 0.1) is 0 Å². The quantitative estimate of drug-likeness (QED) is 0.280. The molecule has 0 amide bonds. The molecule has 0 unspecified atom stereocenters. The van der Waals surface area contributed by atoms with Crippen molar-refractivity contribution < 1.29 is 4.79 Å². The highest BCUT2D eigenvalue weighted by atomic mass is 16.1. The molecular formula is C7H8O. The van der Waals surface area contributed by atoms with Gasteiger partial charge < -0.3 is 0 Å². The first-order valence-corrected chi connectivity index (χ1v) is 2.35. The fraction of sp³-hybridized carbons (Fsp3) is 0.286. The summed E-state index contributed by atoms with van der Waals surface area (Å²) in [5.74, 6) is 5.30. The SMILES string of the molecule is CC#C/C=C(/C)C=O. The Balaban J connectivity index is 3.87. The minimum atomic E-state index is 0.666. The Bertz CT molecular complexity index is 155. The van der Waals surface area contributed by atoms with E-state index in [1.807, 2.05) is 0 Å². The van der Waals surface area contributed by atoms with Crippen molar-refractivity contribution in [3.63, 3.8) is 0 Å². The molecule has 0 radical (unpaired) electrons. The first kappa shape index (κ1) is 6.97. The lowest BCUT2D eigenvalue weighted by Gasteiger charge is -1.74. The van der Waals surface area contributed by atoms with Gasteiger partial charge in [-0.1, -0.05) is 5.92 Å². The van der Waals surface area contributed by atoms with Crippen LogP contribution in [0.1, 0.15) is 13.8 Å². The summed E-state index contributed by atoms with van der Waals surface area (Å²) in [7, 11) is 0. The highest BCUT2D eigenvalue weighted by molar-refractivity contribution is 5.73. The average Bonchev–Trinajstić information content (AvgIpc) is 1.83. The zero-order valence-electron chi connectivity index (χ0n) is 5.06. The van der Waals surface area contributed by atoms with Crippen LogP contribution in [0.25, 0.3) is 0 Å². The Morgan fingerprint density at radius 3 is 2.62 bits per heavy atom. The zero-order valence-corrected chi connectivity index (χ0v) is 5.06. The Labute approximate surface area is 49.4 Å². The highest BCUT2D eigenvalue weighted by Crippen LogP contribution is 1.81. The molecule has 0 heterocycles. The van der Waals surface area contributed by atoms with Crippen molar-refractivity contribution >= 4 is 6.29 Å². The number of carbonyl (C=O) groups is 1. The first-order valence-electron chi connectivity index (χ1n) is 2.35. The molecule has 42 valence electrons. The van der Waals surface area contributed by atoms with E-state index in [1.165, 1.54) is 0 Å². The minimum absolute atomic E-state index is 0.666. The molecule has 0 aliphatic carbocycles. The molecule has 0 aromatic carbocycles. The predicted octanol–water partition coefficient (Wildman–Crippen LogP) is 1.15. The fourth-order valence-corrected chi connectivity index (χ4v) is 0.220. The summed E-state index contributed by atoms with van der Waals surface area (Å²) >= 11 is 0. The molecule has 0 aromatic rings. The number of carbonyl (C=O) groups excluding carboxylic acids is 1. The highest BCUT2D eigenvalue weighted by Gasteiger charge is 1.75. The molecule has 0 saturated heterocycles. The molecule has 1 heteroatoms. The summed E-state index contributed by atoms with van der Waals surface area (Å²) in [6.45, 7) is 3.45. The molecule has 0 aromatic heterocycles. The molecule has 0 spiro atoms. The number of hydrogen-bond donors (Lipinski definition) is 0. The van der Waals surface area contributed by atoms with E-state index in [0.29, 0.717) is 5.57 Å². The van der Waals surface area contributed by atoms with Gasteiger partial charge in [0, 0.05) is 0 Å². The standard InChI is InChI=1S/C7H8O/c1-3-4-5-7(2)6-8/h5-6H,1-2H3/b7-5-. The van der Waals surface area contributed by atoms with Gasteiger partial charge >= 0.3 is 0 Å². The second-order valence-corrected chi connectivity index (χ2v) is 1.40. The van der Waals surface area contributed by atoms with Gasteiger partial charge in [-0.3, -0.25) is 4.79 Å². The fourth-order valence-electron chi connectivity index (χ4n) is 0.220. The van der Waals surface area contributed by atoms with Crippen LogP contribution in [0.3, 0.4) is 0 Å². The molecule has 8 heavy (non-hydrogen) atoms. The minimum Gasteiger partial charge on any atom is -0.298 e. The van der Waals surface area contributed by atoms with E-state index in [-0.39, 0.29) is 0 Å². The summed E-state index contributed by atoms with van der Waals surface area (Å²) in [5, 5.41) is 0. The van der Waals surface area contributed by atoms with Crippen LogP contribution >= 0.6 is 0 Å². The summed E-state index contributed by atoms with van der Waals surface area (Å²) in [6.07, 6.45) is 2.37. The Hall–Kier alpha value is -1.03. The summed E-state index contributed by atoms with van der Waals surface area (Å²) in [4.78, 5) is 9.87. The van der Waals surface area contributed by atoms with Crippen LogP contribution in [0.5, 0.6) is 0 Å². The first-order chi connectivity index (χ1) is 3.81. The third-order valence-electron chi connectivity index (χ3n) is 0.630. The topological polar surface area (TPSA) is 17.1 Å². The van der Waals surface area contributed by atoms with Gasteiger partial charge in [0.2, 0.25) is 0 Å². The second kappa shape index (κ2) is 4.14. The maximum absolute atomic E-state index is 9.87. The van der Waals surface area contributed by atoms with Gasteiger partial charge in [-0.15, -0.1) is 5.92 Å². The number of aldehydes is 1. The van der Waals surface area contributed by atoms with Gasteiger partial charge in [-0.2, -0.15) is 0 Å². The summed E-state index contributed by atoms with van der Waals surface area (Å²) in [5.41, 5.74) is 0.666. The maximum Gasteiger partial charge on any atom is 0.146 e. The van der Waals surface area contributed by atoms with E-state index in [1.54, 1.807) is 19.9 Å². The Morgan fingerprint density at radius 2 is 2.25 bits per heavy atom.